The highest BCUT2D eigenvalue weighted by atomic mass is 32.2. The van der Waals surface area contributed by atoms with Crippen LogP contribution in [0.1, 0.15) is 43.7 Å². The summed E-state index contributed by atoms with van der Waals surface area (Å²) in [6.45, 7) is 3.89. The molecule has 1 fully saturated rings. The quantitative estimate of drug-likeness (QED) is 0.752. The Morgan fingerprint density at radius 3 is 2.41 bits per heavy atom. The van der Waals surface area contributed by atoms with Gasteiger partial charge in [-0.05, 0) is 56.7 Å². The number of hydrogen-bond acceptors (Lipinski definition) is 3. The number of nitrogens with zero attached hydrogens (tertiary/aromatic N) is 1. The van der Waals surface area contributed by atoms with Crippen LogP contribution in [-0.4, -0.2) is 37.3 Å². The topological polar surface area (TPSA) is 66.5 Å². The molecule has 5 nitrogen and oxygen atoms in total. The molecule has 0 spiro atoms. The fraction of sp³-hybridized carbons (Fsp3) is 0.435. The lowest BCUT2D eigenvalue weighted by Gasteiger charge is -2.37. The first kappa shape index (κ1) is 21.5. The molecule has 6 heteroatoms. The lowest BCUT2D eigenvalue weighted by molar-refractivity contribution is -0.119. The summed E-state index contributed by atoms with van der Waals surface area (Å²) in [6, 6.07) is 16.9. The van der Waals surface area contributed by atoms with Crippen molar-refractivity contribution in [2.24, 2.45) is 0 Å². The lowest BCUT2D eigenvalue weighted by atomic mass is 9.90. The minimum absolute atomic E-state index is 0.0266. The molecule has 1 saturated carbocycles. The third kappa shape index (κ3) is 5.67. The van der Waals surface area contributed by atoms with Crippen molar-refractivity contribution >= 4 is 15.9 Å². The Morgan fingerprint density at radius 2 is 1.76 bits per heavy atom. The number of amides is 1. The van der Waals surface area contributed by atoms with Crippen LogP contribution in [-0.2, 0) is 21.2 Å². The maximum atomic E-state index is 13.5. The van der Waals surface area contributed by atoms with Gasteiger partial charge in [0, 0.05) is 25.6 Å². The molecule has 2 aromatic rings. The molecule has 0 heterocycles. The summed E-state index contributed by atoms with van der Waals surface area (Å²) in [6.07, 6.45) is 3.93. The third-order valence-electron chi connectivity index (χ3n) is 5.55. The van der Waals surface area contributed by atoms with Crippen molar-refractivity contribution in [3.63, 3.8) is 0 Å². The van der Waals surface area contributed by atoms with Gasteiger partial charge in [-0.2, -0.15) is 4.31 Å². The van der Waals surface area contributed by atoms with Crippen LogP contribution in [0.2, 0.25) is 0 Å². The molecule has 2 aromatic carbocycles. The molecule has 0 radical (unpaired) electrons. The highest BCUT2D eigenvalue weighted by Gasteiger charge is 2.34. The van der Waals surface area contributed by atoms with E-state index in [0.717, 1.165) is 30.4 Å². The van der Waals surface area contributed by atoms with E-state index in [4.69, 9.17) is 0 Å². The van der Waals surface area contributed by atoms with Crippen LogP contribution in [0.3, 0.4) is 0 Å². The standard InChI is InChI=1S/C23H30N2O3S/c1-18-11-13-23(14-12-18)29(27,28)25(16-15-20-7-4-3-5-8-20)22-10-6-9-21(17-22)24-19(2)26/h3-5,7-8,11-14,21-22H,6,9-10,15-17H2,1-2H3,(H,24,26)/t21-,22-/m0/s1. The van der Waals surface area contributed by atoms with Gasteiger partial charge in [0.1, 0.15) is 0 Å². The highest BCUT2D eigenvalue weighted by Crippen LogP contribution is 2.28. The summed E-state index contributed by atoms with van der Waals surface area (Å²) in [4.78, 5) is 11.8. The van der Waals surface area contributed by atoms with E-state index in [-0.39, 0.29) is 18.0 Å². The number of rotatable bonds is 7. The van der Waals surface area contributed by atoms with Gasteiger partial charge in [0.15, 0.2) is 0 Å². The molecule has 0 saturated heterocycles. The van der Waals surface area contributed by atoms with E-state index in [1.54, 1.807) is 16.4 Å². The number of carbonyl (C=O) groups is 1. The molecule has 0 aliphatic heterocycles. The van der Waals surface area contributed by atoms with Gasteiger partial charge in [0.2, 0.25) is 15.9 Å². The monoisotopic (exact) mass is 414 g/mol. The van der Waals surface area contributed by atoms with Crippen molar-refractivity contribution in [1.82, 2.24) is 9.62 Å². The van der Waals surface area contributed by atoms with Crippen LogP contribution in [0.5, 0.6) is 0 Å². The number of nitrogens with one attached hydrogen (secondary N) is 1. The third-order valence-corrected chi connectivity index (χ3v) is 7.52. The second-order valence-corrected chi connectivity index (χ2v) is 9.77. The molecule has 0 unspecified atom stereocenters. The van der Waals surface area contributed by atoms with Gasteiger partial charge in [-0.1, -0.05) is 48.0 Å². The summed E-state index contributed by atoms with van der Waals surface area (Å²) in [5.41, 5.74) is 2.15. The molecule has 2 atom stereocenters. The Morgan fingerprint density at radius 1 is 1.07 bits per heavy atom. The van der Waals surface area contributed by atoms with Gasteiger partial charge >= 0.3 is 0 Å². The molecular weight excluding hydrogens is 384 g/mol. The van der Waals surface area contributed by atoms with E-state index >= 15 is 0 Å². The summed E-state index contributed by atoms with van der Waals surface area (Å²) in [5.74, 6) is -0.0622. The van der Waals surface area contributed by atoms with Crippen molar-refractivity contribution in [3.05, 3.63) is 65.7 Å². The van der Waals surface area contributed by atoms with Crippen LogP contribution < -0.4 is 5.32 Å². The Kier molecular flexibility index (Phi) is 7.09. The van der Waals surface area contributed by atoms with Crippen molar-refractivity contribution in [2.75, 3.05) is 6.54 Å². The fourth-order valence-corrected chi connectivity index (χ4v) is 5.74. The second-order valence-electron chi connectivity index (χ2n) is 7.88. The van der Waals surface area contributed by atoms with Crippen LogP contribution in [0.15, 0.2) is 59.5 Å². The van der Waals surface area contributed by atoms with Crippen molar-refractivity contribution in [1.29, 1.82) is 0 Å². The number of carbonyl (C=O) groups excluding carboxylic acids is 1. The van der Waals surface area contributed by atoms with Gasteiger partial charge in [-0.15, -0.1) is 0 Å². The molecule has 1 N–H and O–H groups in total. The average molecular weight is 415 g/mol. The minimum atomic E-state index is -3.62. The van der Waals surface area contributed by atoms with Gasteiger partial charge in [-0.3, -0.25) is 4.79 Å². The van der Waals surface area contributed by atoms with E-state index in [9.17, 15) is 13.2 Å². The van der Waals surface area contributed by atoms with Gasteiger partial charge in [0.05, 0.1) is 4.90 Å². The average Bonchev–Trinajstić information content (AvgIpc) is 2.69. The van der Waals surface area contributed by atoms with Crippen LogP contribution >= 0.6 is 0 Å². The van der Waals surface area contributed by atoms with E-state index < -0.39 is 10.0 Å². The van der Waals surface area contributed by atoms with Gasteiger partial charge < -0.3 is 5.32 Å². The van der Waals surface area contributed by atoms with E-state index in [1.807, 2.05) is 49.4 Å². The van der Waals surface area contributed by atoms with Gasteiger partial charge in [-0.25, -0.2) is 8.42 Å². The zero-order valence-corrected chi connectivity index (χ0v) is 18.0. The van der Waals surface area contributed by atoms with Crippen LogP contribution in [0.25, 0.3) is 0 Å². The molecule has 1 amide bonds. The summed E-state index contributed by atoms with van der Waals surface area (Å²) in [7, 11) is -3.62. The molecular formula is C23H30N2O3S. The molecule has 1 aliphatic rings. The van der Waals surface area contributed by atoms with Crippen LogP contribution in [0.4, 0.5) is 0 Å². The molecule has 156 valence electrons. The largest absolute Gasteiger partial charge is 0.354 e. The van der Waals surface area contributed by atoms with E-state index in [0.29, 0.717) is 24.3 Å². The first-order valence-corrected chi connectivity index (χ1v) is 11.7. The number of hydrogen-bond donors (Lipinski definition) is 1. The second kappa shape index (κ2) is 9.55. The van der Waals surface area contributed by atoms with Crippen LogP contribution in [0, 0.1) is 6.92 Å². The SMILES string of the molecule is CC(=O)N[C@H]1CCC[C@H](N(CCc2ccccc2)S(=O)(=O)c2ccc(C)cc2)C1. The Balaban J connectivity index is 1.86. The lowest BCUT2D eigenvalue weighted by Crippen LogP contribution is -2.48. The number of aryl methyl sites for hydroxylation is 1. The molecule has 1 aliphatic carbocycles. The number of benzene rings is 2. The highest BCUT2D eigenvalue weighted by molar-refractivity contribution is 7.89. The summed E-state index contributed by atoms with van der Waals surface area (Å²) in [5, 5.41) is 2.98. The van der Waals surface area contributed by atoms with E-state index in [2.05, 4.69) is 5.32 Å². The van der Waals surface area contributed by atoms with Crippen molar-refractivity contribution in [2.45, 2.75) is 62.9 Å². The molecule has 29 heavy (non-hydrogen) atoms. The smallest absolute Gasteiger partial charge is 0.243 e. The Hall–Kier alpha value is -2.18. The summed E-state index contributed by atoms with van der Waals surface area (Å²) < 4.78 is 28.7. The zero-order valence-electron chi connectivity index (χ0n) is 17.2. The first-order valence-electron chi connectivity index (χ1n) is 10.3. The molecule has 0 bridgehead atoms. The molecule has 0 aromatic heterocycles. The summed E-state index contributed by atoms with van der Waals surface area (Å²) >= 11 is 0. The van der Waals surface area contributed by atoms with Crippen molar-refractivity contribution in [3.8, 4) is 0 Å². The molecule has 3 rings (SSSR count). The first-order chi connectivity index (χ1) is 13.9. The maximum absolute atomic E-state index is 13.5. The normalized spacial score (nSPS) is 19.8. The van der Waals surface area contributed by atoms with Crippen molar-refractivity contribution < 1.29 is 13.2 Å². The minimum Gasteiger partial charge on any atom is -0.354 e. The zero-order chi connectivity index (χ0) is 20.9. The maximum Gasteiger partial charge on any atom is 0.243 e. The Labute approximate surface area is 174 Å². The predicted octanol–water partition coefficient (Wildman–Crippen LogP) is 3.68. The van der Waals surface area contributed by atoms with E-state index in [1.165, 1.54) is 6.92 Å². The van der Waals surface area contributed by atoms with Gasteiger partial charge in [0.25, 0.3) is 0 Å². The Bertz CT molecular complexity index is 911. The predicted molar refractivity (Wildman–Crippen MR) is 115 cm³/mol. The fourth-order valence-electron chi connectivity index (χ4n) is 4.07. The number of sulfonamides is 1.